The van der Waals surface area contributed by atoms with Crippen molar-refractivity contribution < 1.29 is 31.7 Å². The van der Waals surface area contributed by atoms with Crippen molar-refractivity contribution in [2.75, 3.05) is 13.2 Å². The zero-order valence-corrected chi connectivity index (χ0v) is 18.3. The second-order valence-corrected chi connectivity index (χ2v) is 9.92. The summed E-state index contributed by atoms with van der Waals surface area (Å²) in [5, 5.41) is 9.33. The fraction of sp³-hybridized carbons (Fsp3) is 0.400. The first kappa shape index (κ1) is 23.4. The van der Waals surface area contributed by atoms with Crippen molar-refractivity contribution in [2.45, 2.75) is 49.3 Å². The lowest BCUT2D eigenvalue weighted by Gasteiger charge is -2.18. The molecule has 0 saturated heterocycles. The lowest BCUT2D eigenvalue weighted by atomic mass is 10.3. The Morgan fingerprint density at radius 3 is 1.72 bits per heavy atom. The Morgan fingerprint density at radius 2 is 1.28 bits per heavy atom. The van der Waals surface area contributed by atoms with Crippen molar-refractivity contribution in [1.29, 1.82) is 0 Å². The normalized spacial score (nSPS) is 12.1. The van der Waals surface area contributed by atoms with Gasteiger partial charge < -0.3 is 9.63 Å². The number of aromatic hydroxyl groups is 1. The van der Waals surface area contributed by atoms with Crippen molar-refractivity contribution in [3.63, 3.8) is 0 Å². The molecule has 0 aliphatic heterocycles. The molecule has 2 rings (SSSR count). The van der Waals surface area contributed by atoms with E-state index in [1.807, 2.05) is 13.8 Å². The molecule has 9 heteroatoms. The van der Waals surface area contributed by atoms with Crippen molar-refractivity contribution in [3.05, 3.63) is 48.5 Å². The molecule has 0 heterocycles. The van der Waals surface area contributed by atoms with E-state index in [-0.39, 0.29) is 34.5 Å². The van der Waals surface area contributed by atoms with Crippen LogP contribution in [-0.4, -0.2) is 26.7 Å². The first-order valence-corrected chi connectivity index (χ1v) is 12.5. The maximum Gasteiger partial charge on any atom is 0.530 e. The molecule has 0 bridgehead atoms. The van der Waals surface area contributed by atoms with Crippen LogP contribution in [0.15, 0.2) is 58.3 Å². The predicted molar refractivity (Wildman–Crippen MR) is 110 cm³/mol. The van der Waals surface area contributed by atoms with E-state index in [9.17, 15) is 18.1 Å². The van der Waals surface area contributed by atoms with Crippen LogP contribution in [0.2, 0.25) is 0 Å². The lowest BCUT2D eigenvalue weighted by molar-refractivity contribution is 0.152. The maximum absolute atomic E-state index is 12.9. The molecule has 0 aliphatic carbocycles. The van der Waals surface area contributed by atoms with Gasteiger partial charge in [0.15, 0.2) is 0 Å². The molecule has 0 aromatic heterocycles. The zero-order chi connectivity index (χ0) is 21.3. The van der Waals surface area contributed by atoms with Crippen molar-refractivity contribution in [3.8, 4) is 11.5 Å². The molecule has 0 aliphatic rings. The lowest BCUT2D eigenvalue weighted by Crippen LogP contribution is -2.05. The molecule has 0 amide bonds. The minimum absolute atomic E-state index is 0.0189. The van der Waals surface area contributed by atoms with Crippen LogP contribution < -0.4 is 4.52 Å². The van der Waals surface area contributed by atoms with Gasteiger partial charge in [0.05, 0.1) is 23.0 Å². The van der Waals surface area contributed by atoms with E-state index in [0.717, 1.165) is 12.8 Å². The topological polar surface area (TPSA) is 99.1 Å². The molecule has 0 fully saturated rings. The van der Waals surface area contributed by atoms with Gasteiger partial charge in [0.25, 0.3) is 0 Å². The van der Waals surface area contributed by atoms with Crippen molar-refractivity contribution in [2.24, 2.45) is 0 Å². The number of phosphoric ester groups is 1. The molecule has 1 N–H and O–H groups in total. The predicted octanol–water partition coefficient (Wildman–Crippen LogP) is 5.35. The van der Waals surface area contributed by atoms with Gasteiger partial charge >= 0.3 is 7.82 Å². The van der Waals surface area contributed by atoms with Crippen LogP contribution in [-0.2, 0) is 23.4 Å². The second kappa shape index (κ2) is 10.8. The number of benzene rings is 2. The van der Waals surface area contributed by atoms with Gasteiger partial charge in [-0.2, -0.15) is 0 Å². The Labute approximate surface area is 172 Å². The minimum atomic E-state index is -3.80. The number of phosphoric acid groups is 1. The molecule has 0 spiro atoms. The van der Waals surface area contributed by atoms with Crippen LogP contribution in [0.3, 0.4) is 0 Å². The van der Waals surface area contributed by atoms with E-state index in [4.69, 9.17) is 13.6 Å². The summed E-state index contributed by atoms with van der Waals surface area (Å²) in [6.07, 6.45) is 3.18. The molecule has 7 nitrogen and oxygen atoms in total. The summed E-state index contributed by atoms with van der Waals surface area (Å²) in [5.41, 5.74) is 0. The fourth-order valence-corrected chi connectivity index (χ4v) is 4.83. The summed E-state index contributed by atoms with van der Waals surface area (Å²) < 4.78 is 54.4. The van der Waals surface area contributed by atoms with E-state index in [0.29, 0.717) is 12.8 Å². The van der Waals surface area contributed by atoms with Gasteiger partial charge in [-0.05, 0) is 61.4 Å². The smallest absolute Gasteiger partial charge is 0.508 e. The quantitative estimate of drug-likeness (QED) is 0.350. The first-order chi connectivity index (χ1) is 13.8. The second-order valence-electron chi connectivity index (χ2n) is 6.38. The van der Waals surface area contributed by atoms with E-state index in [1.54, 1.807) is 0 Å². The Hall–Kier alpha value is -1.86. The van der Waals surface area contributed by atoms with Crippen LogP contribution in [0.5, 0.6) is 11.5 Å². The Kier molecular flexibility index (Phi) is 8.71. The van der Waals surface area contributed by atoms with E-state index in [1.165, 1.54) is 48.5 Å². The Bertz CT molecular complexity index is 895. The van der Waals surface area contributed by atoms with Gasteiger partial charge in [-0.3, -0.25) is 9.05 Å². The Balaban J connectivity index is 2.15. The molecular weight excluding hydrogens is 415 g/mol. The average Bonchev–Trinajstić information content (AvgIpc) is 2.69. The number of rotatable bonds is 12. The standard InChI is InChI=1S/C20H27O7PS/c1-3-5-15-25-28(22,26-16-6-4-2)27-18-9-13-20(14-10-18)29(23,24)19-11-7-17(21)8-12-19/h7-14,21H,3-6,15-16H2,1-2H3. The SMILES string of the molecule is CCCCOP(=O)(OCCCC)Oc1ccc(S(=O)(=O)c2ccc(O)cc2)cc1. The average molecular weight is 442 g/mol. The molecule has 0 radical (unpaired) electrons. The summed E-state index contributed by atoms with van der Waals surface area (Å²) >= 11 is 0. The van der Waals surface area contributed by atoms with Gasteiger partial charge in [-0.25, -0.2) is 13.0 Å². The highest BCUT2D eigenvalue weighted by Gasteiger charge is 2.28. The van der Waals surface area contributed by atoms with Gasteiger partial charge in [0.1, 0.15) is 11.5 Å². The van der Waals surface area contributed by atoms with E-state index < -0.39 is 17.7 Å². The molecular formula is C20H27O7PS. The highest BCUT2D eigenvalue weighted by Crippen LogP contribution is 2.50. The van der Waals surface area contributed by atoms with Crippen LogP contribution >= 0.6 is 7.82 Å². The fourth-order valence-electron chi connectivity index (χ4n) is 2.30. The zero-order valence-electron chi connectivity index (χ0n) is 16.6. The summed E-state index contributed by atoms with van der Waals surface area (Å²) in [7, 11) is -7.55. The largest absolute Gasteiger partial charge is 0.530 e. The summed E-state index contributed by atoms with van der Waals surface area (Å²) in [5.74, 6) is 0.167. The number of phenolic OH excluding ortho intramolecular Hbond substituents is 1. The van der Waals surface area contributed by atoms with Gasteiger partial charge in [0.2, 0.25) is 9.84 Å². The van der Waals surface area contributed by atoms with Crippen molar-refractivity contribution >= 4 is 17.7 Å². The van der Waals surface area contributed by atoms with Gasteiger partial charge in [-0.1, -0.05) is 26.7 Å². The third-order valence-electron chi connectivity index (χ3n) is 3.99. The number of phenols is 1. The number of hydrogen-bond acceptors (Lipinski definition) is 7. The monoisotopic (exact) mass is 442 g/mol. The molecule has 0 atom stereocenters. The molecule has 160 valence electrons. The minimum Gasteiger partial charge on any atom is -0.508 e. The molecule has 0 saturated carbocycles. The molecule has 29 heavy (non-hydrogen) atoms. The third kappa shape index (κ3) is 6.85. The number of hydrogen-bond donors (Lipinski definition) is 1. The molecule has 2 aromatic rings. The molecule has 2 aromatic carbocycles. The third-order valence-corrected chi connectivity index (χ3v) is 7.21. The number of unbranched alkanes of at least 4 members (excludes halogenated alkanes) is 2. The van der Waals surface area contributed by atoms with E-state index in [2.05, 4.69) is 0 Å². The van der Waals surface area contributed by atoms with Crippen LogP contribution in [0.25, 0.3) is 0 Å². The van der Waals surface area contributed by atoms with Gasteiger partial charge in [0, 0.05) is 0 Å². The highest BCUT2D eigenvalue weighted by molar-refractivity contribution is 7.91. The van der Waals surface area contributed by atoms with Crippen molar-refractivity contribution in [1.82, 2.24) is 0 Å². The highest BCUT2D eigenvalue weighted by atomic mass is 32.2. The summed E-state index contributed by atoms with van der Waals surface area (Å²) in [4.78, 5) is 0.101. The summed E-state index contributed by atoms with van der Waals surface area (Å²) in [6.45, 7) is 4.46. The number of sulfone groups is 1. The Morgan fingerprint density at radius 1 is 0.828 bits per heavy atom. The van der Waals surface area contributed by atoms with E-state index >= 15 is 0 Å². The van der Waals surface area contributed by atoms with Crippen LogP contribution in [0, 0.1) is 0 Å². The van der Waals surface area contributed by atoms with Crippen LogP contribution in [0.4, 0.5) is 0 Å². The summed E-state index contributed by atoms with van der Waals surface area (Å²) in [6, 6.07) is 10.8. The van der Waals surface area contributed by atoms with Gasteiger partial charge in [-0.15, -0.1) is 0 Å². The molecule has 0 unspecified atom stereocenters. The van der Waals surface area contributed by atoms with Crippen LogP contribution in [0.1, 0.15) is 39.5 Å². The maximum atomic E-state index is 12.9. The first-order valence-electron chi connectivity index (χ1n) is 9.53.